The number of phosphoric ester groups is 1. The molecule has 0 aliphatic carbocycles. The average Bonchev–Trinajstić information content (AvgIpc) is 3.27. The van der Waals surface area contributed by atoms with E-state index >= 15 is 0 Å². The lowest BCUT2D eigenvalue weighted by atomic mass is 10.0. The molecule has 9 nitrogen and oxygen atoms in total. The Labute approximate surface area is 409 Å². The molecule has 0 aromatic heterocycles. The molecule has 0 radical (unpaired) electrons. The molecule has 0 aliphatic rings. The molecule has 66 heavy (non-hydrogen) atoms. The zero-order valence-corrected chi connectivity index (χ0v) is 45.1. The molecule has 10 heteroatoms. The number of carbonyl (C=O) groups excluding carboxylic acids is 2. The number of ether oxygens (including phenoxy) is 2. The zero-order valence-electron chi connectivity index (χ0n) is 44.2. The summed E-state index contributed by atoms with van der Waals surface area (Å²) in [4.78, 5) is 37.8. The zero-order chi connectivity index (χ0) is 48.5. The van der Waals surface area contributed by atoms with Gasteiger partial charge in [-0.1, -0.05) is 218 Å². The van der Waals surface area contributed by atoms with Crippen LogP contribution in [0.1, 0.15) is 271 Å². The van der Waals surface area contributed by atoms with Crippen molar-refractivity contribution in [2.45, 2.75) is 277 Å². The quantitative estimate of drug-likeness (QED) is 0.0195. The van der Waals surface area contributed by atoms with Crippen LogP contribution >= 0.6 is 7.82 Å². The third-order valence-corrected chi connectivity index (χ3v) is 13.4. The van der Waals surface area contributed by atoms with Crippen molar-refractivity contribution in [3.63, 3.8) is 0 Å². The SMILES string of the molecule is CCCCCCCCC=CCCCCCCCCCCCCCC(=O)OC[C@H](COP(=O)([O-])OCC[N+](C)(C)C)OC(=O)CCCCCCCCCCCCCC=CCCCCCCCC. The van der Waals surface area contributed by atoms with Crippen molar-refractivity contribution in [1.29, 1.82) is 0 Å². The van der Waals surface area contributed by atoms with Gasteiger partial charge in [0.25, 0.3) is 7.82 Å². The summed E-state index contributed by atoms with van der Waals surface area (Å²) in [7, 11) is 1.18. The average molecular weight is 954 g/mol. The van der Waals surface area contributed by atoms with E-state index in [1.54, 1.807) is 0 Å². The molecule has 0 bridgehead atoms. The highest BCUT2D eigenvalue weighted by atomic mass is 31.2. The number of esters is 2. The van der Waals surface area contributed by atoms with Crippen molar-refractivity contribution in [2.24, 2.45) is 0 Å². The minimum absolute atomic E-state index is 0.0289. The number of rotatable bonds is 52. The first-order chi connectivity index (χ1) is 32.0. The molecule has 0 heterocycles. The van der Waals surface area contributed by atoms with E-state index in [0.29, 0.717) is 17.4 Å². The lowest BCUT2D eigenvalue weighted by Crippen LogP contribution is -2.37. The Morgan fingerprint density at radius 1 is 0.455 bits per heavy atom. The Morgan fingerprint density at radius 2 is 0.773 bits per heavy atom. The largest absolute Gasteiger partial charge is 0.756 e. The van der Waals surface area contributed by atoms with E-state index in [9.17, 15) is 19.0 Å². The number of allylic oxidation sites excluding steroid dienone is 4. The van der Waals surface area contributed by atoms with Crippen molar-refractivity contribution < 1.29 is 42.1 Å². The minimum atomic E-state index is -4.63. The highest BCUT2D eigenvalue weighted by Gasteiger charge is 2.22. The van der Waals surface area contributed by atoms with Gasteiger partial charge in [-0.3, -0.25) is 14.2 Å². The molecule has 0 fully saturated rings. The van der Waals surface area contributed by atoms with Crippen LogP contribution in [0, 0.1) is 0 Å². The summed E-state index contributed by atoms with van der Waals surface area (Å²) in [5.74, 6) is -0.822. The molecule has 0 saturated carbocycles. The van der Waals surface area contributed by atoms with Crippen LogP contribution in [0.3, 0.4) is 0 Å². The van der Waals surface area contributed by atoms with Gasteiger partial charge in [-0.2, -0.15) is 0 Å². The van der Waals surface area contributed by atoms with E-state index in [2.05, 4.69) is 38.2 Å². The van der Waals surface area contributed by atoms with Gasteiger partial charge < -0.3 is 27.9 Å². The van der Waals surface area contributed by atoms with Gasteiger partial charge in [0.15, 0.2) is 6.10 Å². The maximum absolute atomic E-state index is 12.8. The molecular formula is C56H108NO8P. The summed E-state index contributed by atoms with van der Waals surface area (Å²) in [5.41, 5.74) is 0. The van der Waals surface area contributed by atoms with Crippen molar-refractivity contribution in [3.05, 3.63) is 24.3 Å². The Hall–Kier alpha value is -1.51. The predicted octanol–water partition coefficient (Wildman–Crippen LogP) is 16.4. The van der Waals surface area contributed by atoms with Crippen molar-refractivity contribution in [2.75, 3.05) is 47.5 Å². The molecule has 0 aromatic rings. The summed E-state index contributed by atoms with van der Waals surface area (Å²) >= 11 is 0. The van der Waals surface area contributed by atoms with Crippen LogP contribution in [0.2, 0.25) is 0 Å². The molecule has 0 spiro atoms. The van der Waals surface area contributed by atoms with Gasteiger partial charge in [0.2, 0.25) is 0 Å². The van der Waals surface area contributed by atoms with Gasteiger partial charge in [-0.05, 0) is 64.2 Å². The maximum atomic E-state index is 12.8. The second-order valence-corrected chi connectivity index (χ2v) is 21.7. The van der Waals surface area contributed by atoms with Gasteiger partial charge in [0, 0.05) is 12.8 Å². The molecular weight excluding hydrogens is 846 g/mol. The number of unbranched alkanes of at least 4 members (excludes halogenated alkanes) is 34. The smallest absolute Gasteiger partial charge is 0.306 e. The lowest BCUT2D eigenvalue weighted by Gasteiger charge is -2.28. The summed E-state index contributed by atoms with van der Waals surface area (Å²) in [6.45, 7) is 4.27. The van der Waals surface area contributed by atoms with E-state index in [0.717, 1.165) is 38.5 Å². The molecule has 390 valence electrons. The first-order valence-electron chi connectivity index (χ1n) is 28.0. The van der Waals surface area contributed by atoms with Gasteiger partial charge in [-0.15, -0.1) is 0 Å². The van der Waals surface area contributed by atoms with Gasteiger partial charge in [-0.25, -0.2) is 0 Å². The van der Waals surface area contributed by atoms with E-state index < -0.39 is 26.5 Å². The third kappa shape index (κ3) is 51.9. The fourth-order valence-corrected chi connectivity index (χ4v) is 8.79. The minimum Gasteiger partial charge on any atom is -0.756 e. The van der Waals surface area contributed by atoms with Crippen LogP contribution in [0.25, 0.3) is 0 Å². The van der Waals surface area contributed by atoms with Gasteiger partial charge in [0.05, 0.1) is 27.7 Å². The van der Waals surface area contributed by atoms with E-state index in [4.69, 9.17) is 18.5 Å². The number of hydrogen-bond donors (Lipinski definition) is 0. The Morgan fingerprint density at radius 3 is 1.12 bits per heavy atom. The molecule has 0 aliphatic heterocycles. The number of phosphoric acid groups is 1. The Balaban J connectivity index is 4.17. The topological polar surface area (TPSA) is 111 Å². The fraction of sp³-hybridized carbons (Fsp3) is 0.893. The normalized spacial score (nSPS) is 13.5. The van der Waals surface area contributed by atoms with Crippen LogP contribution in [0.15, 0.2) is 24.3 Å². The molecule has 0 aromatic carbocycles. The number of hydrogen-bond acceptors (Lipinski definition) is 8. The van der Waals surface area contributed by atoms with Crippen molar-refractivity contribution >= 4 is 19.8 Å². The van der Waals surface area contributed by atoms with Crippen LogP contribution in [-0.4, -0.2) is 70.0 Å². The molecule has 0 saturated heterocycles. The second kappa shape index (κ2) is 48.5. The van der Waals surface area contributed by atoms with Crippen LogP contribution in [0.5, 0.6) is 0 Å². The first-order valence-corrected chi connectivity index (χ1v) is 29.5. The van der Waals surface area contributed by atoms with Crippen LogP contribution < -0.4 is 4.89 Å². The Bertz CT molecular complexity index is 1170. The highest BCUT2D eigenvalue weighted by molar-refractivity contribution is 7.45. The molecule has 0 rings (SSSR count). The fourth-order valence-electron chi connectivity index (χ4n) is 8.06. The lowest BCUT2D eigenvalue weighted by molar-refractivity contribution is -0.870. The number of quaternary nitrogens is 1. The van der Waals surface area contributed by atoms with E-state index in [1.807, 2.05) is 21.1 Å². The second-order valence-electron chi connectivity index (χ2n) is 20.3. The van der Waals surface area contributed by atoms with E-state index in [1.165, 1.54) is 199 Å². The van der Waals surface area contributed by atoms with Gasteiger partial charge in [0.1, 0.15) is 19.8 Å². The molecule has 0 amide bonds. The van der Waals surface area contributed by atoms with Crippen LogP contribution in [0.4, 0.5) is 0 Å². The van der Waals surface area contributed by atoms with E-state index in [-0.39, 0.29) is 32.0 Å². The number of likely N-dealkylation sites (N-methyl/N-ethyl adjacent to an activating group) is 1. The summed E-state index contributed by atoms with van der Waals surface area (Å²) in [6.07, 6.45) is 56.4. The first kappa shape index (κ1) is 64.5. The number of carbonyl (C=O) groups is 2. The van der Waals surface area contributed by atoms with Crippen LogP contribution in [-0.2, 0) is 32.7 Å². The monoisotopic (exact) mass is 954 g/mol. The molecule has 1 unspecified atom stereocenters. The maximum Gasteiger partial charge on any atom is 0.306 e. The number of nitrogens with zero attached hydrogens (tertiary/aromatic N) is 1. The molecule has 0 N–H and O–H groups in total. The van der Waals surface area contributed by atoms with Gasteiger partial charge >= 0.3 is 11.9 Å². The summed E-state index contributed by atoms with van der Waals surface area (Å²) in [6, 6.07) is 0. The molecule has 2 atom stereocenters. The predicted molar refractivity (Wildman–Crippen MR) is 278 cm³/mol. The summed E-state index contributed by atoms with van der Waals surface area (Å²) in [5, 5.41) is 0. The Kier molecular flexibility index (Phi) is 47.4. The standard InChI is InChI=1S/C56H108NO8P/c1-6-8-10-12-14-16-18-20-22-24-26-28-30-32-34-36-38-40-42-44-46-48-55(58)62-52-54(53-64-66(60,61)63-51-50-57(3,4)5)65-56(59)49-47-45-43-41-39-37-35-33-31-29-27-25-23-21-19-17-15-13-11-9-7-2/h20-23,54H,6-19,24-53H2,1-5H3/t54-/m1/s1. The van der Waals surface area contributed by atoms with Crippen molar-refractivity contribution in [3.8, 4) is 0 Å². The highest BCUT2D eigenvalue weighted by Crippen LogP contribution is 2.38. The van der Waals surface area contributed by atoms with Crippen molar-refractivity contribution in [1.82, 2.24) is 0 Å². The third-order valence-electron chi connectivity index (χ3n) is 12.4. The summed E-state index contributed by atoms with van der Waals surface area (Å²) < 4.78 is 34.1.